The van der Waals surface area contributed by atoms with E-state index < -0.39 is 0 Å². The fourth-order valence-corrected chi connectivity index (χ4v) is 2.93. The first-order chi connectivity index (χ1) is 9.36. The lowest BCUT2D eigenvalue weighted by Gasteiger charge is -2.31. The quantitative estimate of drug-likeness (QED) is 0.837. The van der Waals surface area contributed by atoms with Gasteiger partial charge in [0.25, 0.3) is 0 Å². The second-order valence-corrected chi connectivity index (χ2v) is 5.13. The molecule has 0 amide bonds. The van der Waals surface area contributed by atoms with E-state index in [1.165, 1.54) is 11.1 Å². The largest absolute Gasteiger partial charge is 0.501 e. The van der Waals surface area contributed by atoms with Crippen LogP contribution >= 0.6 is 0 Å². The Morgan fingerprint density at radius 3 is 2.58 bits per heavy atom. The molecule has 1 aromatic carbocycles. The third-order valence-corrected chi connectivity index (χ3v) is 3.86. The van der Waals surface area contributed by atoms with Gasteiger partial charge in [0.05, 0.1) is 12.9 Å². The SMILES string of the molecule is CCNC(C1=COCCC1)C(CC)c1ccccc1. The molecule has 0 aliphatic carbocycles. The Bertz CT molecular complexity index is 399. The number of benzene rings is 1. The predicted octanol–water partition coefficient (Wildman–Crippen LogP) is 3.85. The summed E-state index contributed by atoms with van der Waals surface area (Å²) in [7, 11) is 0. The number of rotatable bonds is 6. The van der Waals surface area contributed by atoms with Crippen LogP contribution in [0.5, 0.6) is 0 Å². The van der Waals surface area contributed by atoms with E-state index in [1.807, 2.05) is 6.26 Å². The summed E-state index contributed by atoms with van der Waals surface area (Å²) in [5.41, 5.74) is 2.84. The van der Waals surface area contributed by atoms with Gasteiger partial charge in [0.1, 0.15) is 0 Å². The summed E-state index contributed by atoms with van der Waals surface area (Å²) >= 11 is 0. The topological polar surface area (TPSA) is 21.3 Å². The molecule has 0 radical (unpaired) electrons. The van der Waals surface area contributed by atoms with Crippen LogP contribution in [-0.2, 0) is 4.74 Å². The summed E-state index contributed by atoms with van der Waals surface area (Å²) in [5, 5.41) is 3.65. The molecule has 0 aromatic heterocycles. The molecule has 1 aromatic rings. The summed E-state index contributed by atoms with van der Waals surface area (Å²) in [6.07, 6.45) is 5.42. The van der Waals surface area contributed by atoms with Crippen molar-refractivity contribution in [3.8, 4) is 0 Å². The lowest BCUT2D eigenvalue weighted by molar-refractivity contribution is 0.217. The summed E-state index contributed by atoms with van der Waals surface area (Å²) in [5.74, 6) is 0.522. The monoisotopic (exact) mass is 259 g/mol. The highest BCUT2D eigenvalue weighted by Crippen LogP contribution is 2.30. The van der Waals surface area contributed by atoms with Crippen LogP contribution in [0, 0.1) is 0 Å². The molecule has 1 heterocycles. The van der Waals surface area contributed by atoms with E-state index >= 15 is 0 Å². The molecule has 0 bridgehead atoms. The fraction of sp³-hybridized carbons (Fsp3) is 0.529. The third-order valence-electron chi connectivity index (χ3n) is 3.86. The van der Waals surface area contributed by atoms with Crippen molar-refractivity contribution >= 4 is 0 Å². The van der Waals surface area contributed by atoms with E-state index in [2.05, 4.69) is 49.5 Å². The molecular formula is C17H25NO. The van der Waals surface area contributed by atoms with E-state index in [0.717, 1.165) is 32.4 Å². The molecule has 0 saturated carbocycles. The smallest absolute Gasteiger partial charge is 0.0876 e. The highest BCUT2D eigenvalue weighted by atomic mass is 16.5. The molecule has 2 rings (SSSR count). The summed E-state index contributed by atoms with van der Waals surface area (Å²) < 4.78 is 5.54. The molecule has 1 aliphatic rings. The van der Waals surface area contributed by atoms with Crippen LogP contribution in [0.1, 0.15) is 44.6 Å². The van der Waals surface area contributed by atoms with E-state index in [9.17, 15) is 0 Å². The van der Waals surface area contributed by atoms with Gasteiger partial charge in [0.15, 0.2) is 0 Å². The van der Waals surface area contributed by atoms with Gasteiger partial charge in [-0.15, -0.1) is 0 Å². The van der Waals surface area contributed by atoms with E-state index in [1.54, 1.807) is 0 Å². The van der Waals surface area contributed by atoms with Crippen LogP contribution in [0.2, 0.25) is 0 Å². The van der Waals surface area contributed by atoms with Crippen LogP contribution in [-0.4, -0.2) is 19.2 Å². The molecule has 0 saturated heterocycles. The third kappa shape index (κ3) is 3.60. The second kappa shape index (κ2) is 7.34. The standard InChI is InChI=1S/C17H25NO/c1-3-16(14-9-6-5-7-10-14)17(18-4-2)15-11-8-12-19-13-15/h5-7,9-10,13,16-18H,3-4,8,11-12H2,1-2H3. The van der Waals surface area contributed by atoms with Gasteiger partial charge in [-0.05, 0) is 36.9 Å². The molecule has 2 heteroatoms. The van der Waals surface area contributed by atoms with Crippen molar-refractivity contribution in [2.75, 3.05) is 13.2 Å². The molecule has 104 valence electrons. The minimum Gasteiger partial charge on any atom is -0.501 e. The number of nitrogens with one attached hydrogen (secondary N) is 1. The highest BCUT2D eigenvalue weighted by Gasteiger charge is 2.25. The first-order valence-corrected chi connectivity index (χ1v) is 7.45. The van der Waals surface area contributed by atoms with Gasteiger partial charge in [0, 0.05) is 12.0 Å². The Kier molecular flexibility index (Phi) is 5.46. The Labute approximate surface area is 116 Å². The average Bonchev–Trinajstić information content (AvgIpc) is 2.49. The molecule has 1 aliphatic heterocycles. The molecular weight excluding hydrogens is 234 g/mol. The van der Waals surface area contributed by atoms with Crippen molar-refractivity contribution in [2.24, 2.45) is 0 Å². The summed E-state index contributed by atoms with van der Waals surface area (Å²) in [4.78, 5) is 0. The van der Waals surface area contributed by atoms with Crippen LogP contribution in [0.3, 0.4) is 0 Å². The Hall–Kier alpha value is -1.28. The average molecular weight is 259 g/mol. The molecule has 2 unspecified atom stereocenters. The van der Waals surface area contributed by atoms with Crippen molar-refractivity contribution in [2.45, 2.75) is 45.1 Å². The predicted molar refractivity (Wildman–Crippen MR) is 80.2 cm³/mol. The van der Waals surface area contributed by atoms with Gasteiger partial charge in [-0.3, -0.25) is 0 Å². The maximum absolute atomic E-state index is 5.54. The zero-order valence-corrected chi connectivity index (χ0v) is 12.1. The van der Waals surface area contributed by atoms with Crippen LogP contribution < -0.4 is 5.32 Å². The Balaban J connectivity index is 2.22. The number of hydrogen-bond acceptors (Lipinski definition) is 2. The normalized spacial score (nSPS) is 18.3. The highest BCUT2D eigenvalue weighted by molar-refractivity contribution is 5.26. The maximum Gasteiger partial charge on any atom is 0.0876 e. The molecule has 2 nitrogen and oxygen atoms in total. The van der Waals surface area contributed by atoms with Gasteiger partial charge in [-0.1, -0.05) is 44.2 Å². The van der Waals surface area contributed by atoms with Gasteiger partial charge >= 0.3 is 0 Å². The maximum atomic E-state index is 5.54. The van der Waals surface area contributed by atoms with Crippen molar-refractivity contribution < 1.29 is 4.74 Å². The van der Waals surface area contributed by atoms with E-state index in [4.69, 9.17) is 4.74 Å². The van der Waals surface area contributed by atoms with Gasteiger partial charge < -0.3 is 10.1 Å². The summed E-state index contributed by atoms with van der Waals surface area (Å²) in [6.45, 7) is 6.30. The lowest BCUT2D eigenvalue weighted by Crippen LogP contribution is -2.37. The fourth-order valence-electron chi connectivity index (χ4n) is 2.93. The van der Waals surface area contributed by atoms with Crippen molar-refractivity contribution in [3.63, 3.8) is 0 Å². The molecule has 1 N–H and O–H groups in total. The second-order valence-electron chi connectivity index (χ2n) is 5.13. The van der Waals surface area contributed by atoms with Crippen molar-refractivity contribution in [3.05, 3.63) is 47.7 Å². The first kappa shape index (κ1) is 14.1. The zero-order chi connectivity index (χ0) is 13.5. The molecule has 19 heavy (non-hydrogen) atoms. The zero-order valence-electron chi connectivity index (χ0n) is 12.1. The molecule has 0 fully saturated rings. The van der Waals surface area contributed by atoms with Crippen LogP contribution in [0.25, 0.3) is 0 Å². The minimum atomic E-state index is 0.401. The van der Waals surface area contributed by atoms with Crippen LogP contribution in [0.15, 0.2) is 42.2 Å². The molecule has 0 spiro atoms. The van der Waals surface area contributed by atoms with Crippen molar-refractivity contribution in [1.82, 2.24) is 5.32 Å². The first-order valence-electron chi connectivity index (χ1n) is 7.45. The number of ether oxygens (including phenoxy) is 1. The minimum absolute atomic E-state index is 0.401. The Morgan fingerprint density at radius 2 is 2.00 bits per heavy atom. The van der Waals surface area contributed by atoms with Gasteiger partial charge in [0.2, 0.25) is 0 Å². The van der Waals surface area contributed by atoms with E-state index in [0.29, 0.717) is 12.0 Å². The van der Waals surface area contributed by atoms with Crippen LogP contribution in [0.4, 0.5) is 0 Å². The molecule has 2 atom stereocenters. The Morgan fingerprint density at radius 1 is 1.21 bits per heavy atom. The number of likely N-dealkylation sites (N-methyl/N-ethyl adjacent to an activating group) is 1. The lowest BCUT2D eigenvalue weighted by atomic mass is 9.83. The van der Waals surface area contributed by atoms with E-state index in [-0.39, 0.29) is 0 Å². The summed E-state index contributed by atoms with van der Waals surface area (Å²) in [6, 6.07) is 11.2. The van der Waals surface area contributed by atoms with Gasteiger partial charge in [-0.25, -0.2) is 0 Å². The van der Waals surface area contributed by atoms with Gasteiger partial charge in [-0.2, -0.15) is 0 Å². The van der Waals surface area contributed by atoms with Crippen molar-refractivity contribution in [1.29, 1.82) is 0 Å². The number of hydrogen-bond donors (Lipinski definition) is 1.